The molecule has 263 valence electrons. The Labute approximate surface area is 315 Å². The number of aryl methyl sites for hydroxylation is 2. The number of nitrogens with one attached hydrogen (secondary N) is 1. The molecule has 0 saturated carbocycles. The number of halogens is 2. The zero-order valence-corrected chi connectivity index (χ0v) is 31.0. The number of benzene rings is 2. The molecule has 2 aliphatic rings. The van der Waals surface area contributed by atoms with Crippen LogP contribution in [0.25, 0.3) is 33.4 Å². The van der Waals surface area contributed by atoms with E-state index in [0.29, 0.717) is 44.9 Å². The van der Waals surface area contributed by atoms with E-state index in [0.717, 1.165) is 60.9 Å². The maximum atomic E-state index is 13.1. The minimum Gasteiger partial charge on any atom is -0.542 e. The van der Waals surface area contributed by atoms with Crippen molar-refractivity contribution in [3.63, 3.8) is 0 Å². The number of anilines is 2. The van der Waals surface area contributed by atoms with E-state index in [1.807, 2.05) is 36.6 Å². The third kappa shape index (κ3) is 6.71. The molecule has 0 unspecified atom stereocenters. The van der Waals surface area contributed by atoms with Crippen molar-refractivity contribution >= 4 is 52.0 Å². The van der Waals surface area contributed by atoms with Crippen LogP contribution in [0.1, 0.15) is 49.3 Å². The minimum atomic E-state index is -0.522. The monoisotopic (exact) mass is 766 g/mol. The molecule has 14 heteroatoms. The number of unbranched alkanes of at least 4 members (excludes halogenated alkanes) is 1. The number of hydrogen-bond acceptors (Lipinski definition) is 9. The van der Waals surface area contributed by atoms with Crippen molar-refractivity contribution in [2.24, 2.45) is 14.1 Å². The molecule has 5 aromatic rings. The molecule has 1 N–H and O–H groups in total. The first-order chi connectivity index (χ1) is 24.2. The second-order valence-corrected chi connectivity index (χ2v) is 13.5. The predicted molar refractivity (Wildman–Crippen MR) is 195 cm³/mol. The van der Waals surface area contributed by atoms with Gasteiger partial charge in [-0.3, -0.25) is 26.1 Å². The van der Waals surface area contributed by atoms with Crippen LogP contribution in [0.5, 0.6) is 5.88 Å². The number of carbonyl (C=O) groups excluding carboxylic acids is 1. The number of ether oxygens (including phenoxy) is 1. The standard InChI is InChI=1S/C37H35Cl2N7O4.Mn/c1-44-34-30(36(48)45(2)37(44)49)33(40-20-41-34)42-26-12-7-10-24(32(26)39)23-9-6-11-25(31(23)38)27-18-22-13-14-28(29(22)35(43-27)50-3)46-16-15-21(19-46)8-4-5-17-47;/h6-7,9-12,18,20,28H,4-5,8,13-16,19H2,1-3H3,(H,40,41,42);/q-2;+2/t28-;/m0./s1. The number of methoxy groups -OCH3 is 1. The number of pyridine rings is 1. The molecule has 0 amide bonds. The summed E-state index contributed by atoms with van der Waals surface area (Å²) in [4.78, 5) is 52.2. The second kappa shape index (κ2) is 15.3. The summed E-state index contributed by atoms with van der Waals surface area (Å²) < 4.78 is 8.22. The first-order valence-corrected chi connectivity index (χ1v) is 17.2. The molecule has 1 radical (unpaired) electrons. The summed E-state index contributed by atoms with van der Waals surface area (Å²) in [6.45, 7) is 1.92. The molecule has 2 aromatic carbocycles. The smallest absolute Gasteiger partial charge is 0.542 e. The fourth-order valence-corrected chi connectivity index (χ4v) is 7.86. The Kier molecular flexibility index (Phi) is 11.0. The Bertz CT molecular complexity index is 2260. The Morgan fingerprint density at radius 2 is 1.78 bits per heavy atom. The van der Waals surface area contributed by atoms with Crippen LogP contribution in [0.15, 0.2) is 58.4 Å². The summed E-state index contributed by atoms with van der Waals surface area (Å²) >= 11 is 14.2. The van der Waals surface area contributed by atoms with Gasteiger partial charge in [0.25, 0.3) is 5.56 Å². The number of likely N-dealkylation sites (tertiary alicyclic amines) is 1. The second-order valence-electron chi connectivity index (χ2n) is 12.7. The van der Waals surface area contributed by atoms with Crippen molar-refractivity contribution in [2.45, 2.75) is 44.6 Å². The molecule has 1 saturated heterocycles. The Balaban J connectivity index is 0.00000448. The molecular formula is C37H35Cl2MnN7O4. The average Bonchev–Trinajstić information content (AvgIpc) is 3.78. The topological polar surface area (TPSA) is 124 Å². The normalized spacial score (nSPS) is 15.9. The SMILES string of the molecule is COc1nc(-c2cccc(-c3cccc(Nc4ncnc5c4c(=O)n(C)c(=O)n5C)c3Cl)c2Cl)cc2c1[C@@H](N1CC[C-](CCC[C-]=O)C1)CC2.[Mn+2]. The molecule has 1 aliphatic carbocycles. The molecule has 51 heavy (non-hydrogen) atoms. The molecule has 11 nitrogen and oxygen atoms in total. The van der Waals surface area contributed by atoms with Gasteiger partial charge in [0.1, 0.15) is 17.5 Å². The maximum Gasteiger partial charge on any atom is 2.00 e. The van der Waals surface area contributed by atoms with Crippen LogP contribution >= 0.6 is 23.2 Å². The van der Waals surface area contributed by atoms with Crippen molar-refractivity contribution in [1.29, 1.82) is 0 Å². The third-order valence-corrected chi connectivity index (χ3v) is 10.6. The van der Waals surface area contributed by atoms with Crippen LogP contribution in [-0.4, -0.2) is 55.5 Å². The van der Waals surface area contributed by atoms with Gasteiger partial charge in [0.2, 0.25) is 5.88 Å². The minimum absolute atomic E-state index is 0. The van der Waals surface area contributed by atoms with Crippen molar-refractivity contribution in [2.75, 3.05) is 25.5 Å². The van der Waals surface area contributed by atoms with Crippen molar-refractivity contribution in [1.82, 2.24) is 29.0 Å². The van der Waals surface area contributed by atoms with E-state index in [2.05, 4.69) is 26.3 Å². The number of fused-ring (bicyclic) bond motifs is 2. The zero-order valence-electron chi connectivity index (χ0n) is 28.3. The fraction of sp³-hybridized carbons (Fsp3) is 0.324. The van der Waals surface area contributed by atoms with E-state index in [1.54, 1.807) is 20.2 Å². The summed E-state index contributed by atoms with van der Waals surface area (Å²) in [7, 11) is 4.62. The molecule has 1 fully saturated rings. The summed E-state index contributed by atoms with van der Waals surface area (Å²) in [5, 5.41) is 4.20. The quantitative estimate of drug-likeness (QED) is 0.0983. The van der Waals surface area contributed by atoms with Gasteiger partial charge in [-0.15, -0.1) is 13.0 Å². The van der Waals surface area contributed by atoms with E-state index in [4.69, 9.17) is 32.9 Å². The number of hydrogen-bond donors (Lipinski definition) is 1. The Hall–Kier alpha value is -4.06. The average molecular weight is 768 g/mol. The molecular weight excluding hydrogens is 732 g/mol. The molecule has 0 bridgehead atoms. The van der Waals surface area contributed by atoms with Crippen LogP contribution in [0.2, 0.25) is 10.0 Å². The van der Waals surface area contributed by atoms with Crippen LogP contribution in [0, 0.1) is 5.92 Å². The van der Waals surface area contributed by atoms with Gasteiger partial charge in [-0.25, -0.2) is 19.7 Å². The van der Waals surface area contributed by atoms with E-state index in [-0.39, 0.29) is 40.0 Å². The molecule has 4 heterocycles. The van der Waals surface area contributed by atoms with Gasteiger partial charge in [-0.05, 0) is 37.1 Å². The molecule has 7 rings (SSSR count). The Morgan fingerprint density at radius 1 is 1.04 bits per heavy atom. The summed E-state index contributed by atoms with van der Waals surface area (Å²) in [6, 6.07) is 13.6. The molecule has 1 atom stereocenters. The third-order valence-electron chi connectivity index (χ3n) is 9.81. The van der Waals surface area contributed by atoms with Gasteiger partial charge in [0.15, 0.2) is 5.65 Å². The Morgan fingerprint density at radius 3 is 2.55 bits per heavy atom. The largest absolute Gasteiger partial charge is 2.00 e. The van der Waals surface area contributed by atoms with E-state index >= 15 is 0 Å². The van der Waals surface area contributed by atoms with Crippen molar-refractivity contribution < 1.29 is 26.6 Å². The first kappa shape index (κ1) is 36.7. The van der Waals surface area contributed by atoms with Crippen LogP contribution < -0.4 is 21.3 Å². The van der Waals surface area contributed by atoms with E-state index in [9.17, 15) is 14.4 Å². The zero-order chi connectivity index (χ0) is 35.1. The van der Waals surface area contributed by atoms with Gasteiger partial charge in [0, 0.05) is 42.4 Å². The summed E-state index contributed by atoms with van der Waals surface area (Å²) in [5.41, 5.74) is 4.86. The number of aromatic nitrogens is 5. The first-order valence-electron chi connectivity index (χ1n) is 16.5. The van der Waals surface area contributed by atoms with Gasteiger partial charge in [-0.1, -0.05) is 53.5 Å². The van der Waals surface area contributed by atoms with Gasteiger partial charge >= 0.3 is 22.8 Å². The maximum absolute atomic E-state index is 13.1. The van der Waals surface area contributed by atoms with Gasteiger partial charge in [0.05, 0.1) is 28.5 Å². The van der Waals surface area contributed by atoms with Crippen molar-refractivity contribution in [3.8, 4) is 28.3 Å². The number of nitrogens with zero attached hydrogens (tertiary/aromatic N) is 6. The fourth-order valence-electron chi connectivity index (χ4n) is 7.26. The van der Waals surface area contributed by atoms with Gasteiger partial charge in [-0.2, -0.15) is 19.3 Å². The van der Waals surface area contributed by atoms with Crippen LogP contribution in [0.4, 0.5) is 11.5 Å². The van der Waals surface area contributed by atoms with E-state index < -0.39 is 11.2 Å². The summed E-state index contributed by atoms with van der Waals surface area (Å²) in [5.74, 6) is 2.31. The van der Waals surface area contributed by atoms with Crippen LogP contribution in [-0.2, 0) is 42.4 Å². The molecule has 1 aliphatic heterocycles. The molecule has 0 spiro atoms. The molecule has 3 aromatic heterocycles. The van der Waals surface area contributed by atoms with Gasteiger partial charge < -0.3 is 19.7 Å². The van der Waals surface area contributed by atoms with Crippen LogP contribution in [0.3, 0.4) is 0 Å². The van der Waals surface area contributed by atoms with Crippen molar-refractivity contribution in [3.05, 3.63) is 96.7 Å². The number of rotatable bonds is 10. The predicted octanol–water partition coefficient (Wildman–Crippen LogP) is 6.36. The van der Waals surface area contributed by atoms with E-state index in [1.165, 1.54) is 29.4 Å². The summed E-state index contributed by atoms with van der Waals surface area (Å²) in [6.07, 6.45) is 8.55.